The zero-order valence-corrected chi connectivity index (χ0v) is 10.5. The van der Waals surface area contributed by atoms with Crippen molar-refractivity contribution in [3.8, 4) is 5.75 Å². The lowest BCUT2D eigenvalue weighted by Crippen LogP contribution is -2.05. The van der Waals surface area contributed by atoms with Crippen LogP contribution < -0.4 is 10.2 Å². The Labute approximate surface area is 102 Å². The maximum atomic E-state index is 11.8. The summed E-state index contributed by atoms with van der Waals surface area (Å²) < 4.78 is 6.11. The molecule has 0 aliphatic heterocycles. The molecule has 0 bridgehead atoms. The lowest BCUT2D eigenvalue weighted by atomic mass is 10.2. The van der Waals surface area contributed by atoms with Crippen LogP contribution in [0.4, 0.5) is 0 Å². The van der Waals surface area contributed by atoms with Gasteiger partial charge in [0.05, 0.1) is 22.0 Å². The smallest absolute Gasteiger partial charge is 0.203 e. The highest BCUT2D eigenvalue weighted by atomic mass is 79.9. The SMILES string of the molecule is CCCOc1cccc2c(=O)c(Br)c[nH]c12. The van der Waals surface area contributed by atoms with Crippen molar-refractivity contribution < 1.29 is 4.74 Å². The van der Waals surface area contributed by atoms with Crippen molar-refractivity contribution in [2.75, 3.05) is 6.61 Å². The number of aromatic amines is 1. The molecule has 1 N–H and O–H groups in total. The van der Waals surface area contributed by atoms with Crippen molar-refractivity contribution >= 4 is 26.8 Å². The van der Waals surface area contributed by atoms with Gasteiger partial charge in [0.25, 0.3) is 0 Å². The molecule has 0 saturated carbocycles. The Kier molecular flexibility index (Phi) is 3.29. The number of pyridine rings is 1. The summed E-state index contributed by atoms with van der Waals surface area (Å²) >= 11 is 3.21. The molecule has 1 aromatic heterocycles. The topological polar surface area (TPSA) is 42.1 Å². The molecule has 0 radical (unpaired) electrons. The van der Waals surface area contributed by atoms with E-state index >= 15 is 0 Å². The van der Waals surface area contributed by atoms with E-state index in [0.717, 1.165) is 17.7 Å². The summed E-state index contributed by atoms with van der Waals surface area (Å²) in [6, 6.07) is 5.48. The largest absolute Gasteiger partial charge is 0.491 e. The highest BCUT2D eigenvalue weighted by Gasteiger charge is 2.06. The number of hydrogen-bond acceptors (Lipinski definition) is 2. The minimum atomic E-state index is -0.0179. The first kappa shape index (κ1) is 11.2. The average Bonchev–Trinajstić information content (AvgIpc) is 2.31. The Bertz CT molecular complexity index is 562. The Morgan fingerprint density at radius 2 is 2.25 bits per heavy atom. The minimum absolute atomic E-state index is 0.0179. The molecule has 0 amide bonds. The summed E-state index contributed by atoms with van der Waals surface area (Å²) in [5.41, 5.74) is 0.736. The van der Waals surface area contributed by atoms with Gasteiger partial charge in [-0.1, -0.05) is 13.0 Å². The maximum absolute atomic E-state index is 11.8. The molecule has 16 heavy (non-hydrogen) atoms. The maximum Gasteiger partial charge on any atom is 0.203 e. The molecule has 2 aromatic rings. The second-order valence-corrected chi connectivity index (χ2v) is 4.35. The van der Waals surface area contributed by atoms with Crippen LogP contribution in [0.25, 0.3) is 10.9 Å². The van der Waals surface area contributed by atoms with Crippen LogP contribution in [-0.4, -0.2) is 11.6 Å². The van der Waals surface area contributed by atoms with Crippen molar-refractivity contribution in [1.29, 1.82) is 0 Å². The predicted octanol–water partition coefficient (Wildman–Crippen LogP) is 3.08. The highest BCUT2D eigenvalue weighted by molar-refractivity contribution is 9.10. The van der Waals surface area contributed by atoms with E-state index in [1.54, 1.807) is 12.3 Å². The van der Waals surface area contributed by atoms with E-state index in [1.807, 2.05) is 19.1 Å². The lowest BCUT2D eigenvalue weighted by molar-refractivity contribution is 0.320. The fourth-order valence-electron chi connectivity index (χ4n) is 1.53. The van der Waals surface area contributed by atoms with Gasteiger partial charge in [-0.2, -0.15) is 0 Å². The number of H-pyrrole nitrogens is 1. The molecular formula is C12H12BrNO2. The van der Waals surface area contributed by atoms with Gasteiger partial charge in [0.1, 0.15) is 5.75 Å². The van der Waals surface area contributed by atoms with Gasteiger partial charge < -0.3 is 9.72 Å². The number of fused-ring (bicyclic) bond motifs is 1. The third-order valence-corrected chi connectivity index (χ3v) is 2.88. The van der Waals surface area contributed by atoms with Gasteiger partial charge in [-0.3, -0.25) is 4.79 Å². The molecule has 0 aliphatic rings. The summed E-state index contributed by atoms with van der Waals surface area (Å²) in [4.78, 5) is 14.9. The van der Waals surface area contributed by atoms with Crippen LogP contribution in [0.15, 0.2) is 33.7 Å². The Morgan fingerprint density at radius 3 is 3.00 bits per heavy atom. The number of rotatable bonds is 3. The molecule has 0 unspecified atom stereocenters. The number of nitrogens with one attached hydrogen (secondary N) is 1. The third kappa shape index (κ3) is 1.97. The number of aromatic nitrogens is 1. The molecule has 84 valence electrons. The zero-order valence-electron chi connectivity index (χ0n) is 8.92. The second-order valence-electron chi connectivity index (χ2n) is 3.49. The van der Waals surface area contributed by atoms with Crippen LogP contribution in [0, 0.1) is 0 Å². The number of para-hydroxylation sites is 1. The summed E-state index contributed by atoms with van der Waals surface area (Å²) in [7, 11) is 0. The molecule has 1 heterocycles. The van der Waals surface area contributed by atoms with Gasteiger partial charge in [-0.15, -0.1) is 0 Å². The van der Waals surface area contributed by atoms with Crippen LogP contribution in [0.2, 0.25) is 0 Å². The molecule has 0 saturated heterocycles. The van der Waals surface area contributed by atoms with Gasteiger partial charge >= 0.3 is 0 Å². The highest BCUT2D eigenvalue weighted by Crippen LogP contribution is 2.22. The summed E-state index contributed by atoms with van der Waals surface area (Å²) in [5, 5.41) is 0.642. The molecule has 2 rings (SSSR count). The molecule has 0 fully saturated rings. The number of ether oxygens (including phenoxy) is 1. The molecular weight excluding hydrogens is 270 g/mol. The van der Waals surface area contributed by atoms with Gasteiger partial charge in [-0.05, 0) is 34.5 Å². The molecule has 3 nitrogen and oxygen atoms in total. The predicted molar refractivity (Wildman–Crippen MR) is 68.1 cm³/mol. The Morgan fingerprint density at radius 1 is 1.44 bits per heavy atom. The molecule has 1 aromatic carbocycles. The second kappa shape index (κ2) is 4.70. The first-order chi connectivity index (χ1) is 7.74. The van der Waals surface area contributed by atoms with Crippen molar-refractivity contribution in [1.82, 2.24) is 4.98 Å². The van der Waals surface area contributed by atoms with Crippen LogP contribution in [0.5, 0.6) is 5.75 Å². The van der Waals surface area contributed by atoms with E-state index in [1.165, 1.54) is 0 Å². The summed E-state index contributed by atoms with van der Waals surface area (Å²) in [5.74, 6) is 0.726. The van der Waals surface area contributed by atoms with Crippen molar-refractivity contribution in [3.63, 3.8) is 0 Å². The monoisotopic (exact) mass is 281 g/mol. The molecule has 0 spiro atoms. The van der Waals surface area contributed by atoms with Crippen molar-refractivity contribution in [2.24, 2.45) is 0 Å². The van der Waals surface area contributed by atoms with Crippen molar-refractivity contribution in [2.45, 2.75) is 13.3 Å². The van der Waals surface area contributed by atoms with Crippen LogP contribution in [0.1, 0.15) is 13.3 Å². The first-order valence-corrected chi connectivity index (χ1v) is 5.96. The minimum Gasteiger partial charge on any atom is -0.491 e. The van der Waals surface area contributed by atoms with Gasteiger partial charge in [0.2, 0.25) is 5.43 Å². The van der Waals surface area contributed by atoms with E-state index in [9.17, 15) is 4.79 Å². The van der Waals surface area contributed by atoms with Gasteiger partial charge in [-0.25, -0.2) is 0 Å². The van der Waals surface area contributed by atoms with Crippen LogP contribution in [0.3, 0.4) is 0 Å². The van der Waals surface area contributed by atoms with Gasteiger partial charge in [0, 0.05) is 6.20 Å². The fourth-order valence-corrected chi connectivity index (χ4v) is 1.86. The number of benzene rings is 1. The fraction of sp³-hybridized carbons (Fsp3) is 0.250. The van der Waals surface area contributed by atoms with Gasteiger partial charge in [0.15, 0.2) is 0 Å². The zero-order chi connectivity index (χ0) is 11.5. The molecule has 4 heteroatoms. The molecule has 0 atom stereocenters. The van der Waals surface area contributed by atoms with E-state index < -0.39 is 0 Å². The number of halogens is 1. The lowest BCUT2D eigenvalue weighted by Gasteiger charge is -2.07. The Balaban J connectivity index is 2.60. The van der Waals surface area contributed by atoms with E-state index in [2.05, 4.69) is 20.9 Å². The van der Waals surface area contributed by atoms with E-state index in [-0.39, 0.29) is 5.43 Å². The summed E-state index contributed by atoms with van der Waals surface area (Å²) in [6.07, 6.45) is 2.58. The van der Waals surface area contributed by atoms with E-state index in [4.69, 9.17) is 4.74 Å². The summed E-state index contributed by atoms with van der Waals surface area (Å²) in [6.45, 7) is 2.70. The third-order valence-electron chi connectivity index (χ3n) is 2.29. The first-order valence-electron chi connectivity index (χ1n) is 5.16. The van der Waals surface area contributed by atoms with Crippen molar-refractivity contribution in [3.05, 3.63) is 39.1 Å². The quantitative estimate of drug-likeness (QED) is 0.940. The normalized spacial score (nSPS) is 10.6. The van der Waals surface area contributed by atoms with Crippen LogP contribution >= 0.6 is 15.9 Å². The average molecular weight is 282 g/mol. The standard InChI is InChI=1S/C12H12BrNO2/c1-2-6-16-10-5-3-4-8-11(10)14-7-9(13)12(8)15/h3-5,7H,2,6H2,1H3,(H,14,15). The molecule has 0 aliphatic carbocycles. The Hall–Kier alpha value is -1.29. The van der Waals surface area contributed by atoms with E-state index in [0.29, 0.717) is 16.5 Å². The number of hydrogen-bond donors (Lipinski definition) is 1. The van der Waals surface area contributed by atoms with Crippen LogP contribution in [-0.2, 0) is 0 Å².